The van der Waals surface area contributed by atoms with E-state index in [1.807, 2.05) is 30.3 Å². The number of hydrogen-bond acceptors (Lipinski definition) is 4. The third kappa shape index (κ3) is 2.41. The van der Waals surface area contributed by atoms with Crippen molar-refractivity contribution in [2.24, 2.45) is 0 Å². The average Bonchev–Trinajstić information content (AvgIpc) is 2.66. The minimum Gasteiger partial charge on any atom is -0.375 e. The van der Waals surface area contributed by atoms with Crippen molar-refractivity contribution < 1.29 is 4.79 Å². The average molecular weight is 218 g/mol. The quantitative estimate of drug-likeness (QED) is 0.803. The number of hydrogen-bond donors (Lipinski definition) is 1. The van der Waals surface area contributed by atoms with E-state index in [2.05, 4.69) is 4.98 Å². The van der Waals surface area contributed by atoms with Crippen molar-refractivity contribution in [1.82, 2.24) is 4.98 Å². The van der Waals surface area contributed by atoms with Gasteiger partial charge in [-0.1, -0.05) is 30.3 Å². The Morgan fingerprint density at radius 3 is 2.67 bits per heavy atom. The van der Waals surface area contributed by atoms with Crippen LogP contribution < -0.4 is 5.73 Å². The van der Waals surface area contributed by atoms with Gasteiger partial charge in [-0.3, -0.25) is 4.79 Å². The van der Waals surface area contributed by atoms with Crippen molar-refractivity contribution in [2.75, 3.05) is 5.73 Å². The monoisotopic (exact) mass is 218 g/mol. The highest BCUT2D eigenvalue weighted by atomic mass is 32.1. The number of anilines is 1. The molecule has 0 aliphatic heterocycles. The third-order valence-electron chi connectivity index (χ3n) is 2.02. The van der Waals surface area contributed by atoms with Crippen LogP contribution in [0.25, 0.3) is 0 Å². The fourth-order valence-electron chi connectivity index (χ4n) is 1.29. The van der Waals surface area contributed by atoms with E-state index >= 15 is 0 Å². The first-order valence-corrected chi connectivity index (χ1v) is 5.42. The molecule has 0 aliphatic carbocycles. The fourth-order valence-corrected chi connectivity index (χ4v) is 1.86. The van der Waals surface area contributed by atoms with Gasteiger partial charge in [0.25, 0.3) is 0 Å². The van der Waals surface area contributed by atoms with Gasteiger partial charge in [0.1, 0.15) is 5.69 Å². The molecule has 1 aromatic carbocycles. The number of carbonyl (C=O) groups excluding carboxylic acids is 1. The second-order valence-corrected chi connectivity index (χ2v) is 4.05. The van der Waals surface area contributed by atoms with Gasteiger partial charge in [-0.2, -0.15) is 0 Å². The Morgan fingerprint density at radius 1 is 1.33 bits per heavy atom. The van der Waals surface area contributed by atoms with Crippen molar-refractivity contribution >= 4 is 22.3 Å². The van der Waals surface area contributed by atoms with Gasteiger partial charge < -0.3 is 5.73 Å². The van der Waals surface area contributed by atoms with Crippen LogP contribution in [0.4, 0.5) is 5.13 Å². The zero-order valence-electron chi connectivity index (χ0n) is 8.01. The van der Waals surface area contributed by atoms with Gasteiger partial charge in [-0.25, -0.2) is 4.98 Å². The molecule has 2 aromatic rings. The lowest BCUT2D eigenvalue weighted by atomic mass is 10.1. The molecule has 0 radical (unpaired) electrons. The Labute approximate surface area is 91.6 Å². The second-order valence-electron chi connectivity index (χ2n) is 3.16. The van der Waals surface area contributed by atoms with Gasteiger partial charge in [0.05, 0.1) is 0 Å². The van der Waals surface area contributed by atoms with Crippen LogP contribution in [0.15, 0.2) is 35.7 Å². The highest BCUT2D eigenvalue weighted by Crippen LogP contribution is 2.13. The number of ketones is 1. The number of nitrogens with zero attached hydrogens (tertiary/aromatic N) is 1. The lowest BCUT2D eigenvalue weighted by molar-refractivity contribution is 0.0989. The standard InChI is InChI=1S/C11H10N2OS/c12-11-13-9(7-15-11)10(14)6-8-4-2-1-3-5-8/h1-5,7H,6H2,(H2,12,13). The topological polar surface area (TPSA) is 56.0 Å². The summed E-state index contributed by atoms with van der Waals surface area (Å²) < 4.78 is 0. The predicted octanol–water partition coefficient (Wildman–Crippen LogP) is 2.15. The summed E-state index contributed by atoms with van der Waals surface area (Å²) in [6.45, 7) is 0. The van der Waals surface area contributed by atoms with Crippen LogP contribution in [0.3, 0.4) is 0 Å². The number of rotatable bonds is 3. The van der Waals surface area contributed by atoms with Crippen molar-refractivity contribution in [1.29, 1.82) is 0 Å². The van der Waals surface area contributed by atoms with E-state index in [0.29, 0.717) is 17.2 Å². The highest BCUT2D eigenvalue weighted by molar-refractivity contribution is 7.13. The van der Waals surface area contributed by atoms with Crippen LogP contribution in [-0.2, 0) is 6.42 Å². The van der Waals surface area contributed by atoms with E-state index in [9.17, 15) is 4.79 Å². The Hall–Kier alpha value is -1.68. The van der Waals surface area contributed by atoms with Gasteiger partial charge >= 0.3 is 0 Å². The van der Waals surface area contributed by atoms with E-state index in [1.165, 1.54) is 11.3 Å². The first-order valence-electron chi connectivity index (χ1n) is 4.54. The van der Waals surface area contributed by atoms with E-state index < -0.39 is 0 Å². The van der Waals surface area contributed by atoms with Crippen molar-refractivity contribution in [3.05, 3.63) is 47.0 Å². The largest absolute Gasteiger partial charge is 0.375 e. The van der Waals surface area contributed by atoms with Gasteiger partial charge in [0.15, 0.2) is 10.9 Å². The number of benzene rings is 1. The zero-order valence-corrected chi connectivity index (χ0v) is 8.83. The van der Waals surface area contributed by atoms with Crippen molar-refractivity contribution in [3.63, 3.8) is 0 Å². The molecule has 0 fully saturated rings. The highest BCUT2D eigenvalue weighted by Gasteiger charge is 2.09. The predicted molar refractivity (Wildman–Crippen MR) is 61.0 cm³/mol. The molecular weight excluding hydrogens is 208 g/mol. The molecule has 1 aromatic heterocycles. The van der Waals surface area contributed by atoms with Crippen LogP contribution in [0.1, 0.15) is 16.1 Å². The Balaban J connectivity index is 2.11. The molecule has 0 bridgehead atoms. The summed E-state index contributed by atoms with van der Waals surface area (Å²) in [6, 6.07) is 9.60. The molecule has 0 saturated heterocycles. The lowest BCUT2D eigenvalue weighted by Gasteiger charge is -1.97. The van der Waals surface area contributed by atoms with Crippen LogP contribution in [-0.4, -0.2) is 10.8 Å². The molecular formula is C11H10N2OS. The van der Waals surface area contributed by atoms with Gasteiger partial charge in [0, 0.05) is 11.8 Å². The smallest absolute Gasteiger partial charge is 0.186 e. The first-order chi connectivity index (χ1) is 7.25. The minimum absolute atomic E-state index is 0.00847. The number of carbonyl (C=O) groups is 1. The van der Waals surface area contributed by atoms with Gasteiger partial charge in [-0.05, 0) is 5.56 Å². The fraction of sp³-hybridized carbons (Fsp3) is 0.0909. The number of nitrogens with two attached hydrogens (primary N) is 1. The Morgan fingerprint density at radius 2 is 2.07 bits per heavy atom. The molecule has 15 heavy (non-hydrogen) atoms. The maximum absolute atomic E-state index is 11.7. The molecule has 0 atom stereocenters. The number of thiazole rings is 1. The lowest BCUT2D eigenvalue weighted by Crippen LogP contribution is -2.04. The molecule has 76 valence electrons. The van der Waals surface area contributed by atoms with Crippen LogP contribution >= 0.6 is 11.3 Å². The Bertz CT molecular complexity index is 464. The summed E-state index contributed by atoms with van der Waals surface area (Å²) in [5.74, 6) is 0.00847. The van der Waals surface area contributed by atoms with E-state index in [-0.39, 0.29) is 5.78 Å². The molecule has 3 nitrogen and oxygen atoms in total. The summed E-state index contributed by atoms with van der Waals surface area (Å²) in [5, 5.41) is 2.13. The van der Waals surface area contributed by atoms with E-state index in [1.54, 1.807) is 5.38 Å². The molecule has 4 heteroatoms. The summed E-state index contributed by atoms with van der Waals surface area (Å²) in [7, 11) is 0. The normalized spacial score (nSPS) is 10.1. The first kappa shape index (κ1) is 9.86. The molecule has 0 unspecified atom stereocenters. The molecule has 2 N–H and O–H groups in total. The Kier molecular flexibility index (Phi) is 2.78. The maximum atomic E-state index is 11.7. The van der Waals surface area contributed by atoms with Gasteiger partial charge in [0.2, 0.25) is 0 Å². The molecule has 0 amide bonds. The summed E-state index contributed by atoms with van der Waals surface area (Å²) in [5.41, 5.74) is 6.92. The van der Waals surface area contributed by atoms with Crippen molar-refractivity contribution in [3.8, 4) is 0 Å². The van der Waals surface area contributed by atoms with E-state index in [0.717, 1.165) is 5.56 Å². The summed E-state index contributed by atoms with van der Waals surface area (Å²) in [4.78, 5) is 15.7. The number of aromatic nitrogens is 1. The molecule has 2 rings (SSSR count). The van der Waals surface area contributed by atoms with Crippen LogP contribution in [0, 0.1) is 0 Å². The van der Waals surface area contributed by atoms with Crippen LogP contribution in [0.5, 0.6) is 0 Å². The third-order valence-corrected chi connectivity index (χ3v) is 2.69. The molecule has 0 spiro atoms. The van der Waals surface area contributed by atoms with Gasteiger partial charge in [-0.15, -0.1) is 11.3 Å². The molecule has 1 heterocycles. The zero-order chi connectivity index (χ0) is 10.7. The summed E-state index contributed by atoms with van der Waals surface area (Å²) >= 11 is 1.29. The SMILES string of the molecule is Nc1nc(C(=O)Cc2ccccc2)cs1. The van der Waals surface area contributed by atoms with Crippen molar-refractivity contribution in [2.45, 2.75) is 6.42 Å². The summed E-state index contributed by atoms with van der Waals surface area (Å²) in [6.07, 6.45) is 0.379. The maximum Gasteiger partial charge on any atom is 0.186 e. The number of Topliss-reactive ketones (excluding diaryl/α,β-unsaturated/α-hetero) is 1. The molecule has 0 saturated carbocycles. The van der Waals surface area contributed by atoms with E-state index in [4.69, 9.17) is 5.73 Å². The minimum atomic E-state index is 0.00847. The second kappa shape index (κ2) is 4.23. The van der Waals surface area contributed by atoms with Crippen LogP contribution in [0.2, 0.25) is 0 Å². The number of nitrogen functional groups attached to an aromatic ring is 1. The molecule has 0 aliphatic rings.